The van der Waals surface area contributed by atoms with Crippen LogP contribution < -0.4 is 4.90 Å². The average molecular weight is 566 g/mol. The largest absolute Gasteiger partial charge is 0.454 e. The molecule has 0 unspecified atom stereocenters. The molecule has 2 fully saturated rings. The second-order valence-electron chi connectivity index (χ2n) is 8.37. The SMILES string of the molecule is O=C(COC(=O)c1ccc(N2C(=O)C[C@@H](SC(=S)N3CCCCC3)C2=O)cc1)c1ccc(Cl)c(Cl)c1. The van der Waals surface area contributed by atoms with Crippen LogP contribution in [-0.4, -0.2) is 57.7 Å². The van der Waals surface area contributed by atoms with Crippen molar-refractivity contribution in [2.45, 2.75) is 30.9 Å². The van der Waals surface area contributed by atoms with Gasteiger partial charge in [-0.2, -0.15) is 0 Å². The number of ketones is 1. The number of Topliss-reactive ketones (excluding diaryl/α,β-unsaturated/α-hetero) is 1. The van der Waals surface area contributed by atoms with Gasteiger partial charge in [0.1, 0.15) is 9.57 Å². The van der Waals surface area contributed by atoms with Gasteiger partial charge in [-0.15, -0.1) is 0 Å². The molecule has 0 N–H and O–H groups in total. The molecular weight excluding hydrogens is 543 g/mol. The number of halogens is 2. The first-order chi connectivity index (χ1) is 17.2. The van der Waals surface area contributed by atoms with E-state index in [1.807, 2.05) is 0 Å². The van der Waals surface area contributed by atoms with E-state index in [0.29, 0.717) is 15.0 Å². The highest BCUT2D eigenvalue weighted by Crippen LogP contribution is 2.32. The molecule has 0 radical (unpaired) electrons. The quantitative estimate of drug-likeness (QED) is 0.205. The summed E-state index contributed by atoms with van der Waals surface area (Å²) >= 11 is 18.5. The maximum absolute atomic E-state index is 13.0. The Kier molecular flexibility index (Phi) is 8.66. The summed E-state index contributed by atoms with van der Waals surface area (Å²) in [7, 11) is 0. The number of amides is 2. The Morgan fingerprint density at radius 1 is 0.972 bits per heavy atom. The van der Waals surface area contributed by atoms with Crippen molar-refractivity contribution in [1.82, 2.24) is 4.90 Å². The van der Waals surface area contributed by atoms with Crippen molar-refractivity contribution in [3.05, 3.63) is 63.6 Å². The number of carbonyl (C=O) groups excluding carboxylic acids is 4. The summed E-state index contributed by atoms with van der Waals surface area (Å²) in [6, 6.07) is 10.3. The van der Waals surface area contributed by atoms with Crippen molar-refractivity contribution in [3.63, 3.8) is 0 Å². The first-order valence-corrected chi connectivity index (χ1v) is 13.4. The molecule has 4 rings (SSSR count). The topological polar surface area (TPSA) is 84.0 Å². The highest BCUT2D eigenvalue weighted by molar-refractivity contribution is 8.23. The van der Waals surface area contributed by atoms with Gasteiger partial charge in [0, 0.05) is 25.1 Å². The molecule has 1 atom stereocenters. The minimum absolute atomic E-state index is 0.0676. The number of imide groups is 1. The van der Waals surface area contributed by atoms with Crippen LogP contribution >= 0.6 is 47.2 Å². The van der Waals surface area contributed by atoms with Crippen LogP contribution in [0.25, 0.3) is 0 Å². The van der Waals surface area contributed by atoms with Gasteiger partial charge in [-0.05, 0) is 61.7 Å². The Balaban J connectivity index is 1.34. The number of piperidine rings is 1. The van der Waals surface area contributed by atoms with E-state index in [-0.39, 0.29) is 34.4 Å². The number of ether oxygens (including phenoxy) is 1. The molecule has 0 bridgehead atoms. The normalized spacial score (nSPS) is 17.9. The van der Waals surface area contributed by atoms with E-state index in [1.165, 1.54) is 60.6 Å². The number of thiocarbonyl (C=S) groups is 1. The molecule has 188 valence electrons. The number of esters is 1. The molecule has 2 aliphatic rings. The number of hydrogen-bond donors (Lipinski definition) is 0. The first kappa shape index (κ1) is 26.6. The summed E-state index contributed by atoms with van der Waals surface area (Å²) in [5, 5.41) is -0.0248. The molecule has 2 heterocycles. The van der Waals surface area contributed by atoms with Crippen LogP contribution in [0.5, 0.6) is 0 Å². The number of anilines is 1. The fourth-order valence-corrected chi connectivity index (χ4v) is 5.79. The molecule has 0 spiro atoms. The standard InChI is InChI=1S/C25H22Cl2N2O5S2/c26-18-9-6-16(12-19(18)27)20(30)14-34-24(33)15-4-7-17(8-5-15)29-22(31)13-21(23(29)32)36-25(35)28-10-2-1-3-11-28/h4-9,12,21H,1-3,10-11,13-14H2/t21-/m1/s1. The number of rotatable bonds is 6. The van der Waals surface area contributed by atoms with Gasteiger partial charge in [0.15, 0.2) is 12.4 Å². The van der Waals surface area contributed by atoms with Crippen molar-refractivity contribution < 1.29 is 23.9 Å². The molecule has 2 amide bonds. The van der Waals surface area contributed by atoms with Gasteiger partial charge >= 0.3 is 5.97 Å². The molecule has 0 aromatic heterocycles. The minimum Gasteiger partial charge on any atom is -0.454 e. The Bertz CT molecular complexity index is 1220. The van der Waals surface area contributed by atoms with Crippen molar-refractivity contribution >= 4 is 80.8 Å². The summed E-state index contributed by atoms with van der Waals surface area (Å²) in [4.78, 5) is 53.5. The first-order valence-electron chi connectivity index (χ1n) is 11.3. The predicted molar refractivity (Wildman–Crippen MR) is 144 cm³/mol. The number of carbonyl (C=O) groups is 4. The average Bonchev–Trinajstić information content (AvgIpc) is 3.16. The number of nitrogens with zero attached hydrogens (tertiary/aromatic N) is 2. The van der Waals surface area contributed by atoms with Crippen LogP contribution in [-0.2, 0) is 14.3 Å². The molecule has 2 aromatic rings. The molecule has 7 nitrogen and oxygen atoms in total. The summed E-state index contributed by atoms with van der Waals surface area (Å²) < 4.78 is 5.76. The number of thioether (sulfide) groups is 1. The van der Waals surface area contributed by atoms with Gasteiger partial charge in [-0.25, -0.2) is 9.69 Å². The van der Waals surface area contributed by atoms with Crippen LogP contribution in [0.2, 0.25) is 10.0 Å². The lowest BCUT2D eigenvalue weighted by atomic mass is 10.1. The van der Waals surface area contributed by atoms with E-state index in [1.54, 1.807) is 0 Å². The Hall–Kier alpha value is -2.46. The summed E-state index contributed by atoms with van der Waals surface area (Å²) in [5.41, 5.74) is 0.809. The summed E-state index contributed by atoms with van der Waals surface area (Å²) in [6.07, 6.45) is 3.39. The van der Waals surface area contributed by atoms with Crippen LogP contribution in [0, 0.1) is 0 Å². The Morgan fingerprint density at radius 3 is 2.31 bits per heavy atom. The third-order valence-electron chi connectivity index (χ3n) is 5.90. The fraction of sp³-hybridized carbons (Fsp3) is 0.320. The molecule has 0 aliphatic carbocycles. The summed E-state index contributed by atoms with van der Waals surface area (Å²) in [6.45, 7) is 1.28. The van der Waals surface area contributed by atoms with Crippen LogP contribution in [0.1, 0.15) is 46.4 Å². The lowest BCUT2D eigenvalue weighted by molar-refractivity contribution is -0.121. The highest BCUT2D eigenvalue weighted by atomic mass is 35.5. The van der Waals surface area contributed by atoms with Gasteiger partial charge in [-0.1, -0.05) is 47.2 Å². The van der Waals surface area contributed by atoms with Gasteiger partial charge in [-0.3, -0.25) is 14.4 Å². The molecule has 11 heteroatoms. The predicted octanol–water partition coefficient (Wildman–Crippen LogP) is 5.17. The molecule has 2 aliphatic heterocycles. The molecule has 2 saturated heterocycles. The summed E-state index contributed by atoms with van der Waals surface area (Å²) in [5.74, 6) is -1.79. The van der Waals surface area contributed by atoms with Crippen molar-refractivity contribution in [2.24, 2.45) is 0 Å². The van der Waals surface area contributed by atoms with Gasteiger partial charge in [0.05, 0.1) is 21.3 Å². The number of benzene rings is 2. The van der Waals surface area contributed by atoms with Crippen LogP contribution in [0.3, 0.4) is 0 Å². The minimum atomic E-state index is -0.714. The van der Waals surface area contributed by atoms with E-state index in [0.717, 1.165) is 30.8 Å². The Morgan fingerprint density at radius 2 is 1.64 bits per heavy atom. The van der Waals surface area contributed by atoms with E-state index in [4.69, 9.17) is 40.2 Å². The maximum Gasteiger partial charge on any atom is 0.338 e. The number of likely N-dealkylation sites (tertiary alicyclic amines) is 1. The second-order valence-corrected chi connectivity index (χ2v) is 11.0. The highest BCUT2D eigenvalue weighted by Gasteiger charge is 2.41. The lowest BCUT2D eigenvalue weighted by Gasteiger charge is -2.29. The Labute approximate surface area is 228 Å². The van der Waals surface area contributed by atoms with Crippen molar-refractivity contribution in [2.75, 3.05) is 24.6 Å². The molecule has 0 saturated carbocycles. The van der Waals surface area contributed by atoms with Gasteiger partial charge < -0.3 is 9.64 Å². The van der Waals surface area contributed by atoms with Crippen molar-refractivity contribution in [1.29, 1.82) is 0 Å². The van der Waals surface area contributed by atoms with Gasteiger partial charge in [0.25, 0.3) is 0 Å². The van der Waals surface area contributed by atoms with E-state index in [9.17, 15) is 19.2 Å². The zero-order valence-electron chi connectivity index (χ0n) is 19.1. The van der Waals surface area contributed by atoms with Crippen molar-refractivity contribution in [3.8, 4) is 0 Å². The molecule has 36 heavy (non-hydrogen) atoms. The van der Waals surface area contributed by atoms with E-state index < -0.39 is 23.6 Å². The zero-order valence-corrected chi connectivity index (χ0v) is 22.2. The molecular formula is C25H22Cl2N2O5S2. The fourth-order valence-electron chi connectivity index (χ4n) is 3.95. The van der Waals surface area contributed by atoms with E-state index >= 15 is 0 Å². The smallest absolute Gasteiger partial charge is 0.338 e. The zero-order chi connectivity index (χ0) is 25.8. The lowest BCUT2D eigenvalue weighted by Crippen LogP contribution is -2.35. The van der Waals surface area contributed by atoms with E-state index in [2.05, 4.69) is 4.90 Å². The molecule has 2 aromatic carbocycles. The monoisotopic (exact) mass is 564 g/mol. The maximum atomic E-state index is 13.0. The van der Waals surface area contributed by atoms with Crippen LogP contribution in [0.4, 0.5) is 5.69 Å². The third-order valence-corrected chi connectivity index (χ3v) is 8.30. The second kappa shape index (κ2) is 11.7. The van der Waals surface area contributed by atoms with Gasteiger partial charge in [0.2, 0.25) is 11.8 Å². The van der Waals surface area contributed by atoms with Crippen LogP contribution in [0.15, 0.2) is 42.5 Å². The number of hydrogen-bond acceptors (Lipinski definition) is 7. The third kappa shape index (κ3) is 6.08.